The maximum absolute atomic E-state index is 12.7. The van der Waals surface area contributed by atoms with Crippen LogP contribution in [0.25, 0.3) is 0 Å². The zero-order chi connectivity index (χ0) is 19.4. The van der Waals surface area contributed by atoms with Gasteiger partial charge >= 0.3 is 0 Å². The minimum Gasteiger partial charge on any atom is -0.497 e. The van der Waals surface area contributed by atoms with Crippen LogP contribution in [0.3, 0.4) is 0 Å². The summed E-state index contributed by atoms with van der Waals surface area (Å²) >= 11 is 6.04. The smallest absolute Gasteiger partial charge is 0.263 e. The van der Waals surface area contributed by atoms with Crippen molar-refractivity contribution in [2.45, 2.75) is 20.0 Å². The highest BCUT2D eigenvalue weighted by Crippen LogP contribution is 2.23. The molecule has 1 aliphatic heterocycles. The van der Waals surface area contributed by atoms with Gasteiger partial charge in [0.25, 0.3) is 5.91 Å². The van der Waals surface area contributed by atoms with E-state index in [1.54, 1.807) is 26.2 Å². The molecule has 0 N–H and O–H groups in total. The summed E-state index contributed by atoms with van der Waals surface area (Å²) < 4.78 is 11.0. The van der Waals surface area contributed by atoms with Crippen LogP contribution in [-0.2, 0) is 4.79 Å². The van der Waals surface area contributed by atoms with Crippen molar-refractivity contribution in [1.82, 2.24) is 4.90 Å². The number of hydrogen-bond donors (Lipinski definition) is 0. The van der Waals surface area contributed by atoms with Gasteiger partial charge in [0.1, 0.15) is 11.5 Å². The first-order valence-electron chi connectivity index (χ1n) is 9.08. The Morgan fingerprint density at radius 2 is 1.67 bits per heavy atom. The fourth-order valence-corrected chi connectivity index (χ4v) is 3.30. The predicted octanol–water partition coefficient (Wildman–Crippen LogP) is 3.77. The first-order valence-corrected chi connectivity index (χ1v) is 9.46. The topological polar surface area (TPSA) is 42.0 Å². The molecule has 1 saturated heterocycles. The van der Waals surface area contributed by atoms with Crippen LogP contribution in [0.1, 0.15) is 12.5 Å². The zero-order valence-corrected chi connectivity index (χ0v) is 16.7. The molecule has 1 heterocycles. The molecule has 1 atom stereocenters. The largest absolute Gasteiger partial charge is 0.497 e. The van der Waals surface area contributed by atoms with Gasteiger partial charge in [-0.3, -0.25) is 4.79 Å². The monoisotopic (exact) mass is 388 g/mol. The maximum Gasteiger partial charge on any atom is 0.263 e. The Morgan fingerprint density at radius 1 is 1.04 bits per heavy atom. The third kappa shape index (κ3) is 4.66. The minimum absolute atomic E-state index is 0.0111. The summed E-state index contributed by atoms with van der Waals surface area (Å²) in [4.78, 5) is 16.9. The average molecular weight is 389 g/mol. The van der Waals surface area contributed by atoms with Crippen molar-refractivity contribution in [3.63, 3.8) is 0 Å². The number of carbonyl (C=O) groups excluding carboxylic acids is 1. The summed E-state index contributed by atoms with van der Waals surface area (Å²) in [6.45, 7) is 6.66. The van der Waals surface area contributed by atoms with E-state index in [0.717, 1.165) is 30.1 Å². The lowest BCUT2D eigenvalue weighted by Gasteiger charge is -2.37. The highest BCUT2D eigenvalue weighted by molar-refractivity contribution is 6.31. The molecular formula is C21H25ClN2O3. The average Bonchev–Trinajstić information content (AvgIpc) is 2.70. The Balaban J connectivity index is 1.54. The van der Waals surface area contributed by atoms with Gasteiger partial charge in [-0.15, -0.1) is 0 Å². The van der Waals surface area contributed by atoms with Crippen molar-refractivity contribution in [1.29, 1.82) is 0 Å². The molecule has 0 aromatic heterocycles. The third-order valence-electron chi connectivity index (χ3n) is 4.82. The number of rotatable bonds is 5. The normalized spacial score (nSPS) is 15.4. The van der Waals surface area contributed by atoms with Crippen LogP contribution in [0.2, 0.25) is 5.02 Å². The van der Waals surface area contributed by atoms with E-state index in [-0.39, 0.29) is 5.91 Å². The first kappa shape index (κ1) is 19.4. The second-order valence-electron chi connectivity index (χ2n) is 6.68. The van der Waals surface area contributed by atoms with Crippen molar-refractivity contribution < 1.29 is 14.3 Å². The van der Waals surface area contributed by atoms with E-state index in [9.17, 15) is 4.79 Å². The number of benzene rings is 2. The maximum atomic E-state index is 12.7. The summed E-state index contributed by atoms with van der Waals surface area (Å²) in [6.07, 6.45) is -0.530. The van der Waals surface area contributed by atoms with Gasteiger partial charge in [0.2, 0.25) is 0 Å². The number of nitrogens with zero attached hydrogens (tertiary/aromatic N) is 2. The lowest BCUT2D eigenvalue weighted by molar-refractivity contribution is -0.138. The minimum atomic E-state index is -0.530. The van der Waals surface area contributed by atoms with Crippen LogP contribution in [0.4, 0.5) is 5.69 Å². The fraction of sp³-hybridized carbons (Fsp3) is 0.381. The van der Waals surface area contributed by atoms with E-state index in [1.807, 2.05) is 42.2 Å². The summed E-state index contributed by atoms with van der Waals surface area (Å²) in [5, 5.41) is 0.691. The summed E-state index contributed by atoms with van der Waals surface area (Å²) in [5.74, 6) is 1.52. The van der Waals surface area contributed by atoms with Gasteiger partial charge in [-0.25, -0.2) is 0 Å². The number of anilines is 1. The molecule has 0 bridgehead atoms. The number of carbonyl (C=O) groups is 1. The van der Waals surface area contributed by atoms with E-state index in [0.29, 0.717) is 23.9 Å². The Kier molecular flexibility index (Phi) is 6.11. The molecule has 3 rings (SSSR count). The van der Waals surface area contributed by atoms with Gasteiger partial charge in [0.15, 0.2) is 6.10 Å². The molecule has 6 heteroatoms. The number of aryl methyl sites for hydroxylation is 1. The molecule has 0 radical (unpaired) electrons. The Hall–Kier alpha value is -2.40. The summed E-state index contributed by atoms with van der Waals surface area (Å²) in [5.41, 5.74) is 2.07. The van der Waals surface area contributed by atoms with Crippen molar-refractivity contribution in [2.75, 3.05) is 38.2 Å². The van der Waals surface area contributed by atoms with E-state index in [1.165, 1.54) is 0 Å². The van der Waals surface area contributed by atoms with Gasteiger partial charge in [0, 0.05) is 36.9 Å². The number of halogens is 1. The summed E-state index contributed by atoms with van der Waals surface area (Å²) in [7, 11) is 1.66. The molecule has 5 nitrogen and oxygen atoms in total. The molecule has 0 spiro atoms. The SMILES string of the molecule is COc1ccc(N2CCN(C(=O)[C@@H](C)Oc3ccc(Cl)c(C)c3)CC2)cc1. The molecule has 1 fully saturated rings. The van der Waals surface area contributed by atoms with Gasteiger partial charge < -0.3 is 19.3 Å². The predicted molar refractivity (Wildman–Crippen MR) is 108 cm³/mol. The van der Waals surface area contributed by atoms with Gasteiger partial charge in [-0.05, 0) is 61.9 Å². The van der Waals surface area contributed by atoms with Crippen LogP contribution < -0.4 is 14.4 Å². The van der Waals surface area contributed by atoms with Crippen molar-refractivity contribution >= 4 is 23.2 Å². The van der Waals surface area contributed by atoms with Crippen LogP contribution >= 0.6 is 11.6 Å². The van der Waals surface area contributed by atoms with E-state index < -0.39 is 6.10 Å². The molecule has 27 heavy (non-hydrogen) atoms. The molecule has 0 unspecified atom stereocenters. The zero-order valence-electron chi connectivity index (χ0n) is 15.9. The van der Waals surface area contributed by atoms with Crippen molar-refractivity contribution in [2.24, 2.45) is 0 Å². The quantitative estimate of drug-likeness (QED) is 0.781. The van der Waals surface area contributed by atoms with Gasteiger partial charge in [-0.1, -0.05) is 11.6 Å². The number of hydrogen-bond acceptors (Lipinski definition) is 4. The van der Waals surface area contributed by atoms with Crippen molar-refractivity contribution in [3.05, 3.63) is 53.1 Å². The van der Waals surface area contributed by atoms with Crippen LogP contribution in [0.15, 0.2) is 42.5 Å². The van der Waals surface area contributed by atoms with Gasteiger partial charge in [-0.2, -0.15) is 0 Å². The Morgan fingerprint density at radius 3 is 2.26 bits per heavy atom. The van der Waals surface area contributed by atoms with Gasteiger partial charge in [0.05, 0.1) is 7.11 Å². The fourth-order valence-electron chi connectivity index (χ4n) is 3.18. The molecule has 2 aromatic rings. The highest BCUT2D eigenvalue weighted by atomic mass is 35.5. The molecule has 1 amide bonds. The standard InChI is InChI=1S/C21H25ClN2O3/c1-15-14-19(8-9-20(15)22)27-16(2)21(25)24-12-10-23(11-13-24)17-4-6-18(26-3)7-5-17/h4-9,14,16H,10-13H2,1-3H3/t16-/m1/s1. The summed E-state index contributed by atoms with van der Waals surface area (Å²) in [6, 6.07) is 13.4. The lowest BCUT2D eigenvalue weighted by Crippen LogP contribution is -2.52. The number of piperazine rings is 1. The molecular weight excluding hydrogens is 364 g/mol. The third-order valence-corrected chi connectivity index (χ3v) is 5.24. The van der Waals surface area contributed by atoms with Crippen molar-refractivity contribution in [3.8, 4) is 11.5 Å². The molecule has 1 aliphatic rings. The van der Waals surface area contributed by atoms with E-state index in [4.69, 9.17) is 21.1 Å². The Labute approximate surface area is 165 Å². The number of ether oxygens (including phenoxy) is 2. The number of methoxy groups -OCH3 is 1. The second-order valence-corrected chi connectivity index (χ2v) is 7.09. The molecule has 2 aromatic carbocycles. The second kappa shape index (κ2) is 8.53. The van der Waals surface area contributed by atoms with Crippen LogP contribution in [-0.4, -0.2) is 50.2 Å². The lowest BCUT2D eigenvalue weighted by atomic mass is 10.2. The van der Waals surface area contributed by atoms with E-state index >= 15 is 0 Å². The van der Waals surface area contributed by atoms with Crippen LogP contribution in [0, 0.1) is 6.92 Å². The van der Waals surface area contributed by atoms with E-state index in [2.05, 4.69) is 4.90 Å². The first-order chi connectivity index (χ1) is 13.0. The number of amides is 1. The van der Waals surface area contributed by atoms with Crippen LogP contribution in [0.5, 0.6) is 11.5 Å². The molecule has 0 aliphatic carbocycles. The molecule has 144 valence electrons. The molecule has 0 saturated carbocycles. The highest BCUT2D eigenvalue weighted by Gasteiger charge is 2.26. The Bertz CT molecular complexity index is 787.